The van der Waals surface area contributed by atoms with E-state index >= 15 is 0 Å². The lowest BCUT2D eigenvalue weighted by molar-refractivity contribution is 0.556. The predicted octanol–water partition coefficient (Wildman–Crippen LogP) is 5.56. The zero-order chi connectivity index (χ0) is 13.7. The average Bonchev–Trinajstić information content (AvgIpc) is 2.77. The summed E-state index contributed by atoms with van der Waals surface area (Å²) in [7, 11) is 0. The lowest BCUT2D eigenvalue weighted by Crippen LogP contribution is -2.01. The van der Waals surface area contributed by atoms with E-state index in [1.54, 1.807) is 5.56 Å². The van der Waals surface area contributed by atoms with Crippen LogP contribution in [0.3, 0.4) is 0 Å². The predicted molar refractivity (Wildman–Crippen MR) is 85.1 cm³/mol. The van der Waals surface area contributed by atoms with E-state index in [9.17, 15) is 0 Å². The molecule has 0 saturated heterocycles. The molecule has 0 bridgehead atoms. The summed E-state index contributed by atoms with van der Waals surface area (Å²) < 4.78 is 0. The van der Waals surface area contributed by atoms with Gasteiger partial charge in [-0.3, -0.25) is 0 Å². The van der Waals surface area contributed by atoms with Crippen molar-refractivity contribution in [3.8, 4) is 0 Å². The van der Waals surface area contributed by atoms with Crippen molar-refractivity contribution in [1.29, 1.82) is 0 Å². The van der Waals surface area contributed by atoms with Gasteiger partial charge in [-0.1, -0.05) is 63.1 Å². The first-order valence-corrected chi connectivity index (χ1v) is 8.07. The van der Waals surface area contributed by atoms with Gasteiger partial charge in [-0.05, 0) is 31.4 Å². The molecular weight excluding hydrogens is 230 g/mol. The number of fused-ring (bicyclic) bond motifs is 1. The van der Waals surface area contributed by atoms with Gasteiger partial charge in [-0.2, -0.15) is 0 Å². The molecule has 19 heavy (non-hydrogen) atoms. The van der Waals surface area contributed by atoms with E-state index in [-0.39, 0.29) is 0 Å². The molecule has 1 atom stereocenters. The Morgan fingerprint density at radius 1 is 1.05 bits per heavy atom. The van der Waals surface area contributed by atoms with Crippen LogP contribution in [0, 0.1) is 13.8 Å². The quantitative estimate of drug-likeness (QED) is 0.632. The third kappa shape index (κ3) is 3.75. The second kappa shape index (κ2) is 6.98. The molecule has 1 unspecified atom stereocenters. The Kier molecular flexibility index (Phi) is 5.30. The number of hydrogen-bond donors (Lipinski definition) is 1. The van der Waals surface area contributed by atoms with Crippen molar-refractivity contribution >= 4 is 5.69 Å². The van der Waals surface area contributed by atoms with Crippen molar-refractivity contribution in [2.24, 2.45) is 0 Å². The molecule has 0 radical (unpaired) electrons. The van der Waals surface area contributed by atoms with Gasteiger partial charge in [0.1, 0.15) is 0 Å². The first-order valence-electron chi connectivity index (χ1n) is 8.07. The normalized spacial score (nSPS) is 17.3. The van der Waals surface area contributed by atoms with Crippen LogP contribution in [0.25, 0.3) is 0 Å². The van der Waals surface area contributed by atoms with Crippen LogP contribution < -0.4 is 5.32 Å². The smallest absolute Gasteiger partial charge is 0.0406 e. The van der Waals surface area contributed by atoms with Gasteiger partial charge in [-0.15, -0.1) is 0 Å². The van der Waals surface area contributed by atoms with Crippen LogP contribution >= 0.6 is 0 Å². The highest BCUT2D eigenvalue weighted by molar-refractivity contribution is 5.63. The third-order valence-electron chi connectivity index (χ3n) is 4.38. The highest BCUT2D eigenvalue weighted by Gasteiger charge is 2.23. The molecule has 0 spiro atoms. The maximum absolute atomic E-state index is 3.61. The molecule has 0 saturated carbocycles. The standard InChI is InChI=1S/C18H29N/c1-4-5-6-7-8-9-10-16-13-19-18-15(3)11-14(2)12-17(16)18/h11-12,16,19H,4-10,13H2,1-3H3. The SMILES string of the molecule is CCCCCCCCC1CNc2c(C)cc(C)cc21. The first kappa shape index (κ1) is 14.4. The molecule has 1 aromatic carbocycles. The fourth-order valence-electron chi connectivity index (χ4n) is 3.33. The number of hydrogen-bond acceptors (Lipinski definition) is 1. The summed E-state index contributed by atoms with van der Waals surface area (Å²) in [6, 6.07) is 4.68. The Bertz CT molecular complexity index is 408. The third-order valence-corrected chi connectivity index (χ3v) is 4.38. The van der Waals surface area contributed by atoms with E-state index in [1.165, 1.54) is 61.8 Å². The number of benzene rings is 1. The molecule has 0 aromatic heterocycles. The van der Waals surface area contributed by atoms with Gasteiger partial charge in [0.25, 0.3) is 0 Å². The van der Waals surface area contributed by atoms with Crippen molar-refractivity contribution in [1.82, 2.24) is 0 Å². The Hall–Kier alpha value is -0.980. The molecule has 2 rings (SSSR count). The van der Waals surface area contributed by atoms with Gasteiger partial charge in [0.2, 0.25) is 0 Å². The van der Waals surface area contributed by atoms with Crippen LogP contribution in [0.1, 0.15) is 74.5 Å². The highest BCUT2D eigenvalue weighted by Crippen LogP contribution is 2.37. The van der Waals surface area contributed by atoms with Gasteiger partial charge >= 0.3 is 0 Å². The fraction of sp³-hybridized carbons (Fsp3) is 0.667. The van der Waals surface area contributed by atoms with Crippen LogP contribution in [0.4, 0.5) is 5.69 Å². The minimum Gasteiger partial charge on any atom is -0.384 e. The molecule has 1 heteroatoms. The second-order valence-corrected chi connectivity index (χ2v) is 6.18. The van der Waals surface area contributed by atoms with Gasteiger partial charge in [-0.25, -0.2) is 0 Å². The number of aryl methyl sites for hydroxylation is 2. The average molecular weight is 259 g/mol. The van der Waals surface area contributed by atoms with Crippen LogP contribution in [0.2, 0.25) is 0 Å². The van der Waals surface area contributed by atoms with E-state index in [4.69, 9.17) is 0 Å². The van der Waals surface area contributed by atoms with Crippen molar-refractivity contribution < 1.29 is 0 Å². The van der Waals surface area contributed by atoms with Crippen molar-refractivity contribution in [2.75, 3.05) is 11.9 Å². The fourth-order valence-corrected chi connectivity index (χ4v) is 3.33. The lowest BCUT2D eigenvalue weighted by atomic mass is 9.92. The number of rotatable bonds is 7. The summed E-state index contributed by atoms with van der Waals surface area (Å²) in [5.41, 5.74) is 5.82. The molecule has 1 heterocycles. The largest absolute Gasteiger partial charge is 0.384 e. The minimum atomic E-state index is 0.750. The Morgan fingerprint density at radius 2 is 1.79 bits per heavy atom. The summed E-state index contributed by atoms with van der Waals surface area (Å²) in [4.78, 5) is 0. The molecule has 1 N–H and O–H groups in total. The molecule has 0 fully saturated rings. The summed E-state index contributed by atoms with van der Waals surface area (Å²) in [5.74, 6) is 0.750. The van der Waals surface area contributed by atoms with Crippen molar-refractivity contribution in [3.63, 3.8) is 0 Å². The highest BCUT2D eigenvalue weighted by atomic mass is 14.9. The second-order valence-electron chi connectivity index (χ2n) is 6.18. The molecular formula is C18H29N. The van der Waals surface area contributed by atoms with Gasteiger partial charge in [0.05, 0.1) is 0 Å². The Labute approximate surface area is 118 Å². The van der Waals surface area contributed by atoms with E-state index in [1.807, 2.05) is 0 Å². The van der Waals surface area contributed by atoms with Gasteiger partial charge in [0, 0.05) is 18.2 Å². The maximum atomic E-state index is 3.61. The topological polar surface area (TPSA) is 12.0 Å². The number of anilines is 1. The van der Waals surface area contributed by atoms with E-state index in [0.717, 1.165) is 12.5 Å². The van der Waals surface area contributed by atoms with Crippen molar-refractivity contribution in [2.45, 2.75) is 71.6 Å². The number of unbranched alkanes of at least 4 members (excludes halogenated alkanes) is 5. The molecule has 106 valence electrons. The zero-order valence-electron chi connectivity index (χ0n) is 12.9. The van der Waals surface area contributed by atoms with Crippen LogP contribution in [0.15, 0.2) is 12.1 Å². The molecule has 1 aliphatic rings. The Morgan fingerprint density at radius 3 is 2.58 bits per heavy atom. The summed E-state index contributed by atoms with van der Waals surface area (Å²) >= 11 is 0. The molecule has 0 amide bonds. The van der Waals surface area contributed by atoms with Crippen LogP contribution in [0.5, 0.6) is 0 Å². The lowest BCUT2D eigenvalue weighted by Gasteiger charge is -2.11. The van der Waals surface area contributed by atoms with E-state index < -0.39 is 0 Å². The molecule has 0 aliphatic carbocycles. The van der Waals surface area contributed by atoms with Crippen LogP contribution in [-0.4, -0.2) is 6.54 Å². The summed E-state index contributed by atoms with van der Waals surface area (Å²) in [5, 5.41) is 3.61. The minimum absolute atomic E-state index is 0.750. The first-order chi connectivity index (χ1) is 9.22. The van der Waals surface area contributed by atoms with Gasteiger partial charge in [0.15, 0.2) is 0 Å². The Balaban J connectivity index is 1.82. The van der Waals surface area contributed by atoms with Crippen molar-refractivity contribution in [3.05, 3.63) is 28.8 Å². The van der Waals surface area contributed by atoms with Crippen LogP contribution in [-0.2, 0) is 0 Å². The monoisotopic (exact) mass is 259 g/mol. The summed E-state index contributed by atoms with van der Waals surface area (Å²) in [6.45, 7) is 7.87. The van der Waals surface area contributed by atoms with Gasteiger partial charge < -0.3 is 5.32 Å². The zero-order valence-corrected chi connectivity index (χ0v) is 12.9. The molecule has 1 nitrogen and oxygen atoms in total. The van der Waals surface area contributed by atoms with E-state index in [2.05, 4.69) is 38.2 Å². The molecule has 1 aliphatic heterocycles. The van der Waals surface area contributed by atoms with E-state index in [0.29, 0.717) is 0 Å². The maximum Gasteiger partial charge on any atom is 0.0406 e. The summed E-state index contributed by atoms with van der Waals surface area (Å²) in [6.07, 6.45) is 9.76. The molecule has 1 aromatic rings. The number of nitrogens with one attached hydrogen (secondary N) is 1.